The van der Waals surface area contributed by atoms with Gasteiger partial charge in [0.2, 0.25) is 0 Å². The molecule has 144 valence electrons. The van der Waals surface area contributed by atoms with Gasteiger partial charge in [-0.1, -0.05) is 36.6 Å². The standard InChI is InChI=1S/C20H21ClF2N2O2/c1-27-17-4-2-3-15(18(17)21)20(26)25-11-14(9-12-5-6-12)13-7-8-16(19(22)23)24-10-13/h2-4,7-8,10,12,14,19H,5-6,9,11H2,1H3,(H,25,26). The molecule has 1 N–H and O–H groups in total. The van der Waals surface area contributed by atoms with Crippen LogP contribution in [0.1, 0.15) is 53.2 Å². The van der Waals surface area contributed by atoms with Gasteiger partial charge in [-0.15, -0.1) is 0 Å². The molecule has 2 aromatic rings. The van der Waals surface area contributed by atoms with E-state index in [9.17, 15) is 13.6 Å². The van der Waals surface area contributed by atoms with Crippen LogP contribution in [-0.2, 0) is 0 Å². The molecule has 1 fully saturated rings. The van der Waals surface area contributed by atoms with Crippen molar-refractivity contribution in [1.29, 1.82) is 0 Å². The average Bonchev–Trinajstić information content (AvgIpc) is 3.49. The molecule has 1 aromatic heterocycles. The average molecular weight is 395 g/mol. The Morgan fingerprint density at radius 1 is 1.33 bits per heavy atom. The van der Waals surface area contributed by atoms with E-state index in [-0.39, 0.29) is 22.5 Å². The number of rotatable bonds is 8. The van der Waals surface area contributed by atoms with Crippen LogP contribution in [0.3, 0.4) is 0 Å². The minimum atomic E-state index is -2.59. The molecule has 1 aliphatic rings. The normalized spacial score (nSPS) is 14.9. The van der Waals surface area contributed by atoms with Crippen molar-refractivity contribution < 1.29 is 18.3 Å². The predicted octanol–water partition coefficient (Wildman–Crippen LogP) is 4.99. The van der Waals surface area contributed by atoms with Gasteiger partial charge in [0.15, 0.2) is 0 Å². The van der Waals surface area contributed by atoms with Gasteiger partial charge in [-0.05, 0) is 36.1 Å². The second-order valence-corrected chi connectivity index (χ2v) is 7.10. The number of benzene rings is 1. The van der Waals surface area contributed by atoms with Gasteiger partial charge >= 0.3 is 0 Å². The molecule has 0 saturated heterocycles. The van der Waals surface area contributed by atoms with E-state index in [1.54, 1.807) is 24.3 Å². The van der Waals surface area contributed by atoms with Crippen molar-refractivity contribution in [3.8, 4) is 5.75 Å². The summed E-state index contributed by atoms with van der Waals surface area (Å²) in [4.78, 5) is 16.4. The lowest BCUT2D eigenvalue weighted by atomic mass is 9.94. The minimum Gasteiger partial charge on any atom is -0.495 e. The minimum absolute atomic E-state index is 0.0186. The fourth-order valence-electron chi connectivity index (χ4n) is 3.04. The molecular weight excluding hydrogens is 374 g/mol. The number of amides is 1. The molecule has 1 unspecified atom stereocenters. The predicted molar refractivity (Wildman–Crippen MR) is 99.6 cm³/mol. The van der Waals surface area contributed by atoms with E-state index in [1.807, 2.05) is 0 Å². The number of aromatic nitrogens is 1. The summed E-state index contributed by atoms with van der Waals surface area (Å²) < 4.78 is 30.6. The van der Waals surface area contributed by atoms with Crippen LogP contribution >= 0.6 is 11.6 Å². The van der Waals surface area contributed by atoms with E-state index in [4.69, 9.17) is 16.3 Å². The number of pyridine rings is 1. The van der Waals surface area contributed by atoms with Crippen LogP contribution in [0, 0.1) is 5.92 Å². The van der Waals surface area contributed by atoms with Gasteiger partial charge in [-0.25, -0.2) is 8.78 Å². The molecular formula is C20H21ClF2N2O2. The smallest absolute Gasteiger partial charge is 0.280 e. The summed E-state index contributed by atoms with van der Waals surface area (Å²) in [6, 6.07) is 8.04. The monoisotopic (exact) mass is 394 g/mol. The first-order valence-corrected chi connectivity index (χ1v) is 9.22. The highest BCUT2D eigenvalue weighted by Crippen LogP contribution is 2.38. The fourth-order valence-corrected chi connectivity index (χ4v) is 3.32. The van der Waals surface area contributed by atoms with Gasteiger partial charge in [0, 0.05) is 18.7 Å². The van der Waals surface area contributed by atoms with Crippen molar-refractivity contribution in [2.24, 2.45) is 5.92 Å². The molecule has 3 rings (SSSR count). The van der Waals surface area contributed by atoms with Crippen LogP contribution < -0.4 is 10.1 Å². The Hall–Kier alpha value is -2.21. The highest BCUT2D eigenvalue weighted by molar-refractivity contribution is 6.35. The first-order chi connectivity index (χ1) is 13.0. The van der Waals surface area contributed by atoms with Crippen molar-refractivity contribution in [2.75, 3.05) is 13.7 Å². The van der Waals surface area contributed by atoms with Crippen molar-refractivity contribution in [2.45, 2.75) is 31.6 Å². The van der Waals surface area contributed by atoms with E-state index in [2.05, 4.69) is 10.3 Å². The quantitative estimate of drug-likeness (QED) is 0.685. The van der Waals surface area contributed by atoms with Crippen LogP contribution in [0.4, 0.5) is 8.78 Å². The topological polar surface area (TPSA) is 51.2 Å². The van der Waals surface area contributed by atoms with Crippen LogP contribution in [0.5, 0.6) is 5.75 Å². The zero-order valence-corrected chi connectivity index (χ0v) is 15.7. The Kier molecular flexibility index (Phi) is 6.26. The SMILES string of the molecule is COc1cccc(C(=O)NCC(CC2CC2)c2ccc(C(F)F)nc2)c1Cl. The number of alkyl halides is 2. The number of halogens is 3. The molecule has 1 atom stereocenters. The van der Waals surface area contributed by atoms with Gasteiger partial charge < -0.3 is 10.1 Å². The number of methoxy groups -OCH3 is 1. The number of nitrogens with one attached hydrogen (secondary N) is 1. The van der Waals surface area contributed by atoms with Gasteiger partial charge in [0.25, 0.3) is 12.3 Å². The van der Waals surface area contributed by atoms with Crippen molar-refractivity contribution >= 4 is 17.5 Å². The van der Waals surface area contributed by atoms with Crippen molar-refractivity contribution in [3.05, 3.63) is 58.4 Å². The first-order valence-electron chi connectivity index (χ1n) is 8.84. The Labute approximate surface area is 161 Å². The molecule has 4 nitrogen and oxygen atoms in total. The number of carbonyl (C=O) groups is 1. The lowest BCUT2D eigenvalue weighted by Gasteiger charge is -2.18. The number of nitrogens with zero attached hydrogens (tertiary/aromatic N) is 1. The number of ether oxygens (including phenoxy) is 1. The van der Waals surface area contributed by atoms with E-state index >= 15 is 0 Å². The van der Waals surface area contributed by atoms with Crippen molar-refractivity contribution in [3.63, 3.8) is 0 Å². The van der Waals surface area contributed by atoms with E-state index < -0.39 is 6.43 Å². The Morgan fingerprint density at radius 2 is 2.11 bits per heavy atom. The number of hydrogen-bond acceptors (Lipinski definition) is 3. The zero-order chi connectivity index (χ0) is 19.4. The molecule has 0 bridgehead atoms. The Balaban J connectivity index is 1.70. The third kappa shape index (κ3) is 4.95. The maximum absolute atomic E-state index is 12.7. The summed E-state index contributed by atoms with van der Waals surface area (Å²) in [5, 5.41) is 3.17. The van der Waals surface area contributed by atoms with Gasteiger partial charge in [-0.2, -0.15) is 0 Å². The summed E-state index contributed by atoms with van der Waals surface area (Å²) in [5.74, 6) is 0.773. The summed E-state index contributed by atoms with van der Waals surface area (Å²) in [6.07, 6.45) is 2.11. The van der Waals surface area contributed by atoms with Crippen molar-refractivity contribution in [1.82, 2.24) is 10.3 Å². The number of carbonyl (C=O) groups excluding carboxylic acids is 1. The first kappa shape index (κ1) is 19.5. The molecule has 0 radical (unpaired) electrons. The zero-order valence-electron chi connectivity index (χ0n) is 14.9. The van der Waals surface area contributed by atoms with Crippen LogP contribution in [0.25, 0.3) is 0 Å². The van der Waals surface area contributed by atoms with Gasteiger partial charge in [-0.3, -0.25) is 9.78 Å². The van der Waals surface area contributed by atoms with E-state index in [0.29, 0.717) is 23.8 Å². The van der Waals surface area contributed by atoms with Crippen LogP contribution in [-0.4, -0.2) is 24.5 Å². The highest BCUT2D eigenvalue weighted by atomic mass is 35.5. The van der Waals surface area contributed by atoms with E-state index in [1.165, 1.54) is 19.4 Å². The maximum Gasteiger partial charge on any atom is 0.280 e. The third-order valence-electron chi connectivity index (χ3n) is 4.76. The molecule has 7 heteroatoms. The molecule has 0 aliphatic heterocycles. The summed E-state index contributed by atoms with van der Waals surface area (Å²) >= 11 is 6.21. The summed E-state index contributed by atoms with van der Waals surface area (Å²) in [6.45, 7) is 0.387. The summed E-state index contributed by atoms with van der Waals surface area (Å²) in [7, 11) is 1.49. The molecule has 1 saturated carbocycles. The molecule has 1 heterocycles. The molecule has 1 aromatic carbocycles. The lowest BCUT2D eigenvalue weighted by molar-refractivity contribution is 0.0950. The highest BCUT2D eigenvalue weighted by Gasteiger charge is 2.27. The largest absolute Gasteiger partial charge is 0.495 e. The molecule has 0 spiro atoms. The fraction of sp³-hybridized carbons (Fsp3) is 0.400. The van der Waals surface area contributed by atoms with Crippen LogP contribution in [0.2, 0.25) is 5.02 Å². The maximum atomic E-state index is 12.7. The second kappa shape index (κ2) is 8.65. The lowest BCUT2D eigenvalue weighted by Crippen LogP contribution is -2.29. The number of hydrogen-bond donors (Lipinski definition) is 1. The molecule has 27 heavy (non-hydrogen) atoms. The van der Waals surface area contributed by atoms with Gasteiger partial charge in [0.1, 0.15) is 11.4 Å². The Morgan fingerprint density at radius 3 is 2.70 bits per heavy atom. The summed E-state index contributed by atoms with van der Waals surface area (Å²) in [5.41, 5.74) is 0.951. The van der Waals surface area contributed by atoms with Crippen LogP contribution in [0.15, 0.2) is 36.5 Å². The molecule has 1 amide bonds. The van der Waals surface area contributed by atoms with E-state index in [0.717, 1.165) is 24.8 Å². The van der Waals surface area contributed by atoms with Gasteiger partial charge in [0.05, 0.1) is 17.7 Å². The Bertz CT molecular complexity index is 795. The molecule has 1 aliphatic carbocycles. The third-order valence-corrected chi connectivity index (χ3v) is 5.15. The second-order valence-electron chi connectivity index (χ2n) is 6.72.